The molecule has 4 rings (SSSR count). The highest BCUT2D eigenvalue weighted by Crippen LogP contribution is 2.38. The van der Waals surface area contributed by atoms with Crippen molar-refractivity contribution >= 4 is 11.7 Å². The molecule has 0 radical (unpaired) electrons. The van der Waals surface area contributed by atoms with Crippen LogP contribution in [0.1, 0.15) is 40.3 Å². The van der Waals surface area contributed by atoms with Gasteiger partial charge in [0.2, 0.25) is 0 Å². The van der Waals surface area contributed by atoms with Gasteiger partial charge in [0.1, 0.15) is 0 Å². The summed E-state index contributed by atoms with van der Waals surface area (Å²) in [6, 6.07) is 14.7. The quantitative estimate of drug-likeness (QED) is 0.821. The molecule has 3 heteroatoms. The van der Waals surface area contributed by atoms with Gasteiger partial charge in [-0.15, -0.1) is 0 Å². The summed E-state index contributed by atoms with van der Waals surface area (Å²) in [5, 5.41) is 6.13. The molecule has 0 saturated carbocycles. The second kappa shape index (κ2) is 5.27. The number of aryl methyl sites for hydroxylation is 3. The fraction of sp³-hybridized carbons (Fsp3) is 0.250. The van der Waals surface area contributed by atoms with E-state index >= 15 is 0 Å². The topological polar surface area (TPSA) is 41.1 Å². The molecule has 0 spiro atoms. The minimum atomic E-state index is -0.122. The van der Waals surface area contributed by atoms with E-state index in [1.165, 1.54) is 22.3 Å². The van der Waals surface area contributed by atoms with Gasteiger partial charge in [-0.3, -0.25) is 0 Å². The van der Waals surface area contributed by atoms with E-state index in [0.717, 1.165) is 29.7 Å². The van der Waals surface area contributed by atoms with Crippen molar-refractivity contribution in [3.63, 3.8) is 0 Å². The molecule has 0 saturated heterocycles. The van der Waals surface area contributed by atoms with Crippen LogP contribution in [0.4, 0.5) is 4.79 Å². The van der Waals surface area contributed by atoms with Gasteiger partial charge in [-0.25, -0.2) is 4.79 Å². The molecule has 1 aliphatic heterocycles. The summed E-state index contributed by atoms with van der Waals surface area (Å²) in [5.74, 6) is 0. The van der Waals surface area contributed by atoms with Crippen molar-refractivity contribution in [3.05, 3.63) is 75.9 Å². The molecule has 2 N–H and O–H groups in total. The van der Waals surface area contributed by atoms with E-state index in [-0.39, 0.29) is 12.1 Å². The van der Waals surface area contributed by atoms with Crippen molar-refractivity contribution in [2.45, 2.75) is 32.7 Å². The van der Waals surface area contributed by atoms with Gasteiger partial charge < -0.3 is 10.6 Å². The maximum absolute atomic E-state index is 12.2. The van der Waals surface area contributed by atoms with Gasteiger partial charge in [0, 0.05) is 5.56 Å². The van der Waals surface area contributed by atoms with Crippen LogP contribution in [0.3, 0.4) is 0 Å². The van der Waals surface area contributed by atoms with Crippen LogP contribution in [-0.2, 0) is 6.42 Å². The lowest BCUT2D eigenvalue weighted by Crippen LogP contribution is -2.44. The van der Waals surface area contributed by atoms with Crippen LogP contribution in [0.5, 0.6) is 0 Å². The average molecular weight is 304 g/mol. The zero-order valence-electron chi connectivity index (χ0n) is 13.4. The Hall–Kier alpha value is -2.55. The molecule has 0 aromatic heterocycles. The van der Waals surface area contributed by atoms with Gasteiger partial charge in [0.25, 0.3) is 0 Å². The number of fused-ring (bicyclic) bond motifs is 2. The van der Waals surface area contributed by atoms with Crippen LogP contribution in [0, 0.1) is 13.8 Å². The number of carbonyl (C=O) groups is 1. The molecule has 116 valence electrons. The molecule has 1 aliphatic carbocycles. The highest BCUT2D eigenvalue weighted by molar-refractivity contribution is 5.91. The van der Waals surface area contributed by atoms with Gasteiger partial charge in [-0.05, 0) is 54.5 Å². The molecule has 1 heterocycles. The fourth-order valence-corrected chi connectivity index (χ4v) is 3.58. The number of amides is 2. The van der Waals surface area contributed by atoms with Crippen molar-refractivity contribution < 1.29 is 4.79 Å². The van der Waals surface area contributed by atoms with Gasteiger partial charge in [0.05, 0.1) is 11.7 Å². The number of carbonyl (C=O) groups excluding carboxylic acids is 1. The highest BCUT2D eigenvalue weighted by Gasteiger charge is 2.31. The summed E-state index contributed by atoms with van der Waals surface area (Å²) in [7, 11) is 0. The zero-order chi connectivity index (χ0) is 16.0. The average Bonchev–Trinajstić information content (AvgIpc) is 2.56. The second-order valence-electron chi connectivity index (χ2n) is 6.43. The summed E-state index contributed by atoms with van der Waals surface area (Å²) in [6.07, 6.45) is 1.99. The molecule has 2 amide bonds. The van der Waals surface area contributed by atoms with Crippen molar-refractivity contribution in [3.8, 4) is 0 Å². The summed E-state index contributed by atoms with van der Waals surface area (Å²) < 4.78 is 0. The van der Waals surface area contributed by atoms with Crippen molar-refractivity contribution in [1.29, 1.82) is 0 Å². The maximum Gasteiger partial charge on any atom is 0.319 e. The summed E-state index contributed by atoms with van der Waals surface area (Å²) >= 11 is 0. The van der Waals surface area contributed by atoms with Gasteiger partial charge >= 0.3 is 6.03 Å². The number of rotatable bonds is 1. The largest absolute Gasteiger partial charge is 0.327 e. The molecule has 1 unspecified atom stereocenters. The SMILES string of the molecule is Cc1ccc(C2NC(=O)NC3=C2CCc2ccccc23)cc1C. The lowest BCUT2D eigenvalue weighted by molar-refractivity contribution is 0.240. The molecular formula is C20H20N2O. The summed E-state index contributed by atoms with van der Waals surface area (Å²) in [5.41, 5.74) is 8.45. The van der Waals surface area contributed by atoms with Crippen LogP contribution in [0.15, 0.2) is 48.0 Å². The van der Waals surface area contributed by atoms with Crippen LogP contribution < -0.4 is 10.6 Å². The molecule has 0 fully saturated rings. The number of benzene rings is 2. The third-order valence-corrected chi connectivity index (χ3v) is 5.00. The normalized spacial score (nSPS) is 19.6. The molecule has 23 heavy (non-hydrogen) atoms. The van der Waals surface area contributed by atoms with Crippen LogP contribution in [0.2, 0.25) is 0 Å². The molecule has 0 bridgehead atoms. The first-order valence-electron chi connectivity index (χ1n) is 8.09. The Balaban J connectivity index is 1.85. The molecule has 1 atom stereocenters. The Morgan fingerprint density at radius 1 is 1.00 bits per heavy atom. The predicted octanol–water partition coefficient (Wildman–Crippen LogP) is 4.01. The minimum Gasteiger partial charge on any atom is -0.327 e. The Morgan fingerprint density at radius 2 is 1.83 bits per heavy atom. The molecule has 3 nitrogen and oxygen atoms in total. The van der Waals surface area contributed by atoms with E-state index in [0.29, 0.717) is 0 Å². The zero-order valence-corrected chi connectivity index (χ0v) is 13.4. The van der Waals surface area contributed by atoms with Crippen LogP contribution >= 0.6 is 0 Å². The van der Waals surface area contributed by atoms with Crippen LogP contribution in [-0.4, -0.2) is 6.03 Å². The molecular weight excluding hydrogens is 284 g/mol. The van der Waals surface area contributed by atoms with E-state index in [1.807, 2.05) is 6.07 Å². The minimum absolute atomic E-state index is 0.0357. The monoisotopic (exact) mass is 304 g/mol. The van der Waals surface area contributed by atoms with E-state index in [4.69, 9.17) is 0 Å². The summed E-state index contributed by atoms with van der Waals surface area (Å²) in [4.78, 5) is 12.2. The Morgan fingerprint density at radius 3 is 2.65 bits per heavy atom. The first-order valence-corrected chi connectivity index (χ1v) is 8.09. The number of urea groups is 1. The number of hydrogen-bond acceptors (Lipinski definition) is 1. The second-order valence-corrected chi connectivity index (χ2v) is 6.43. The van der Waals surface area contributed by atoms with Crippen molar-refractivity contribution in [2.75, 3.05) is 0 Å². The Bertz CT molecular complexity index is 835. The highest BCUT2D eigenvalue weighted by atomic mass is 16.2. The maximum atomic E-state index is 12.2. The molecule has 2 aromatic rings. The summed E-state index contributed by atoms with van der Waals surface area (Å²) in [6.45, 7) is 4.23. The van der Waals surface area contributed by atoms with E-state index in [9.17, 15) is 4.79 Å². The van der Waals surface area contributed by atoms with E-state index in [2.05, 4.69) is 60.9 Å². The van der Waals surface area contributed by atoms with Gasteiger partial charge in [0.15, 0.2) is 0 Å². The van der Waals surface area contributed by atoms with Crippen LogP contribution in [0.25, 0.3) is 5.70 Å². The van der Waals surface area contributed by atoms with E-state index in [1.54, 1.807) is 0 Å². The lowest BCUT2D eigenvalue weighted by atomic mass is 9.82. The smallest absolute Gasteiger partial charge is 0.319 e. The fourth-order valence-electron chi connectivity index (χ4n) is 3.58. The third-order valence-electron chi connectivity index (χ3n) is 5.00. The lowest BCUT2D eigenvalue weighted by Gasteiger charge is -2.34. The Labute approximate surface area is 136 Å². The first kappa shape index (κ1) is 14.1. The number of nitrogens with one attached hydrogen (secondary N) is 2. The predicted molar refractivity (Wildman–Crippen MR) is 92.0 cm³/mol. The number of hydrogen-bond donors (Lipinski definition) is 2. The van der Waals surface area contributed by atoms with Crippen molar-refractivity contribution in [1.82, 2.24) is 10.6 Å². The first-order chi connectivity index (χ1) is 11.1. The third kappa shape index (κ3) is 2.33. The molecule has 2 aliphatic rings. The van der Waals surface area contributed by atoms with E-state index < -0.39 is 0 Å². The molecule has 2 aromatic carbocycles. The van der Waals surface area contributed by atoms with Gasteiger partial charge in [-0.1, -0.05) is 42.5 Å². The Kier molecular flexibility index (Phi) is 3.22. The standard InChI is InChI=1S/C20H20N2O/c1-12-7-8-15(11-13(12)2)18-17-10-9-14-5-3-4-6-16(14)19(17)22-20(23)21-18/h3-8,11,18H,9-10H2,1-2H3,(H2,21,22,23). The van der Waals surface area contributed by atoms with Crippen molar-refractivity contribution in [2.24, 2.45) is 0 Å². The van der Waals surface area contributed by atoms with Gasteiger partial charge in [-0.2, -0.15) is 0 Å².